The zero-order valence-electron chi connectivity index (χ0n) is 16.3. The highest BCUT2D eigenvalue weighted by atomic mass is 16.6. The van der Waals surface area contributed by atoms with Gasteiger partial charge in [-0.2, -0.15) is 5.26 Å². The Morgan fingerprint density at radius 3 is 2.85 bits per heavy atom. The molecule has 0 aromatic rings. The summed E-state index contributed by atoms with van der Waals surface area (Å²) in [7, 11) is 0. The van der Waals surface area contributed by atoms with Gasteiger partial charge in [-0.25, -0.2) is 0 Å². The molecule has 0 aromatic heterocycles. The molecule has 1 saturated heterocycles. The molecule has 0 aromatic carbocycles. The Kier molecular flexibility index (Phi) is 3.56. The third-order valence-electron chi connectivity index (χ3n) is 9.40. The topological polar surface area (TPSA) is 53.4 Å². The average Bonchev–Trinajstić information content (AvgIpc) is 3.31. The minimum atomic E-state index is 0.175. The lowest BCUT2D eigenvalue weighted by Crippen LogP contribution is -2.53. The normalized spacial score (nSPS) is 52.7. The lowest BCUT2D eigenvalue weighted by Gasteiger charge is -2.57. The van der Waals surface area contributed by atoms with Crippen LogP contribution in [-0.2, 0) is 9.53 Å². The lowest BCUT2D eigenvalue weighted by atomic mass is 9.46. The molecule has 0 bridgehead atoms. The Bertz CT molecular complexity index is 720. The predicted molar refractivity (Wildman–Crippen MR) is 99.0 cm³/mol. The number of hydrogen-bond donors (Lipinski definition) is 0. The maximum Gasteiger partial charge on any atom is 0.155 e. The van der Waals surface area contributed by atoms with E-state index in [2.05, 4.69) is 26.8 Å². The Morgan fingerprint density at radius 1 is 1.27 bits per heavy atom. The van der Waals surface area contributed by atoms with E-state index in [0.29, 0.717) is 53.8 Å². The molecule has 3 heteroatoms. The standard InChI is InChI=1S/C23H31NO2/c1-13(8-11-24)15-4-5-16-19-17(7-10-22(15,16)2)23(3)9-6-14(25)12-18(23)20-21(19)26-20/h12-13,15-17,19-21H,4-10H2,1-3H3/t13-,15-,16+,17+,19+,20-,21+,22-,23-/m1/s1. The highest BCUT2D eigenvalue weighted by molar-refractivity contribution is 5.92. The molecule has 1 heterocycles. The number of nitriles is 1. The van der Waals surface area contributed by atoms with Gasteiger partial charge in [0.2, 0.25) is 0 Å². The average molecular weight is 354 g/mol. The zero-order valence-corrected chi connectivity index (χ0v) is 16.3. The summed E-state index contributed by atoms with van der Waals surface area (Å²) in [5, 5.41) is 9.19. The van der Waals surface area contributed by atoms with Crippen LogP contribution in [0.2, 0.25) is 0 Å². The van der Waals surface area contributed by atoms with Gasteiger partial charge in [0.15, 0.2) is 5.78 Å². The molecule has 0 unspecified atom stereocenters. The smallest absolute Gasteiger partial charge is 0.155 e. The van der Waals surface area contributed by atoms with Crippen LogP contribution in [0.5, 0.6) is 0 Å². The van der Waals surface area contributed by atoms with Gasteiger partial charge in [-0.15, -0.1) is 0 Å². The molecule has 140 valence electrons. The maximum atomic E-state index is 12.0. The summed E-state index contributed by atoms with van der Waals surface area (Å²) >= 11 is 0. The van der Waals surface area contributed by atoms with Crippen LogP contribution in [0.1, 0.15) is 65.7 Å². The maximum absolute atomic E-state index is 12.0. The van der Waals surface area contributed by atoms with Crippen molar-refractivity contribution in [3.63, 3.8) is 0 Å². The van der Waals surface area contributed by atoms with Gasteiger partial charge in [0.05, 0.1) is 12.2 Å². The predicted octanol–water partition coefficient (Wildman–Crippen LogP) is 4.67. The van der Waals surface area contributed by atoms with Crippen molar-refractivity contribution in [2.75, 3.05) is 0 Å². The monoisotopic (exact) mass is 353 g/mol. The number of ketones is 1. The van der Waals surface area contributed by atoms with E-state index < -0.39 is 0 Å². The number of nitrogens with zero attached hydrogens (tertiary/aromatic N) is 1. The number of rotatable bonds is 2. The second kappa shape index (κ2) is 5.44. The molecule has 4 fully saturated rings. The Balaban J connectivity index is 1.49. The fourth-order valence-corrected chi connectivity index (χ4v) is 8.07. The van der Waals surface area contributed by atoms with E-state index in [0.717, 1.165) is 12.3 Å². The van der Waals surface area contributed by atoms with Crippen molar-refractivity contribution in [3.05, 3.63) is 11.6 Å². The molecule has 0 spiro atoms. The van der Waals surface area contributed by atoms with Crippen LogP contribution in [0, 0.1) is 51.8 Å². The van der Waals surface area contributed by atoms with Crippen LogP contribution in [-0.4, -0.2) is 18.0 Å². The quantitative estimate of drug-likeness (QED) is 0.678. The first-order valence-electron chi connectivity index (χ1n) is 10.7. The van der Waals surface area contributed by atoms with Crippen LogP contribution >= 0.6 is 0 Å². The van der Waals surface area contributed by atoms with Crippen LogP contribution in [0.4, 0.5) is 0 Å². The first kappa shape index (κ1) is 17.0. The van der Waals surface area contributed by atoms with Crippen LogP contribution in [0.25, 0.3) is 0 Å². The van der Waals surface area contributed by atoms with E-state index in [1.165, 1.54) is 31.3 Å². The summed E-state index contributed by atoms with van der Waals surface area (Å²) in [6.07, 6.45) is 10.1. The number of fused-ring (bicyclic) bond motifs is 8. The molecule has 1 aliphatic heterocycles. The van der Waals surface area contributed by atoms with Gasteiger partial charge in [0, 0.05) is 12.8 Å². The molecule has 5 rings (SSSR count). The van der Waals surface area contributed by atoms with Gasteiger partial charge in [0.25, 0.3) is 0 Å². The van der Waals surface area contributed by atoms with Crippen molar-refractivity contribution in [1.82, 2.24) is 0 Å². The van der Waals surface area contributed by atoms with E-state index >= 15 is 0 Å². The highest BCUT2D eigenvalue weighted by Gasteiger charge is 2.69. The van der Waals surface area contributed by atoms with Gasteiger partial charge in [-0.3, -0.25) is 4.79 Å². The van der Waals surface area contributed by atoms with Crippen molar-refractivity contribution in [2.45, 2.75) is 77.9 Å². The van der Waals surface area contributed by atoms with Crippen molar-refractivity contribution in [3.8, 4) is 6.07 Å². The van der Waals surface area contributed by atoms with E-state index in [1.54, 1.807) is 0 Å². The fourth-order valence-electron chi connectivity index (χ4n) is 8.07. The molecule has 3 nitrogen and oxygen atoms in total. The molecular weight excluding hydrogens is 322 g/mol. The number of carbonyl (C=O) groups excluding carboxylic acids is 1. The number of ether oxygens (including phenoxy) is 1. The van der Waals surface area contributed by atoms with E-state index in [-0.39, 0.29) is 11.5 Å². The summed E-state index contributed by atoms with van der Waals surface area (Å²) < 4.78 is 6.25. The lowest BCUT2D eigenvalue weighted by molar-refractivity contribution is -0.117. The molecule has 9 atom stereocenters. The Morgan fingerprint density at radius 2 is 2.08 bits per heavy atom. The largest absolute Gasteiger partial charge is 0.365 e. The van der Waals surface area contributed by atoms with E-state index in [1.807, 2.05) is 6.08 Å². The molecule has 0 amide bonds. The van der Waals surface area contributed by atoms with Gasteiger partial charge >= 0.3 is 0 Å². The molecule has 0 N–H and O–H groups in total. The first-order valence-corrected chi connectivity index (χ1v) is 10.7. The number of epoxide rings is 1. The Hall–Kier alpha value is -1.14. The number of carbonyl (C=O) groups is 1. The third kappa shape index (κ3) is 2.06. The molecule has 3 saturated carbocycles. The molecule has 5 aliphatic rings. The highest BCUT2D eigenvalue weighted by Crippen LogP contribution is 2.70. The van der Waals surface area contributed by atoms with E-state index in [9.17, 15) is 10.1 Å². The minimum Gasteiger partial charge on any atom is -0.365 e. The van der Waals surface area contributed by atoms with Crippen molar-refractivity contribution in [2.24, 2.45) is 40.4 Å². The Labute approximate surface area is 157 Å². The van der Waals surface area contributed by atoms with Crippen molar-refractivity contribution in [1.29, 1.82) is 5.26 Å². The summed E-state index contributed by atoms with van der Waals surface area (Å²) in [6, 6.07) is 2.41. The zero-order chi connectivity index (χ0) is 18.3. The van der Waals surface area contributed by atoms with Crippen molar-refractivity contribution < 1.29 is 9.53 Å². The van der Waals surface area contributed by atoms with Crippen molar-refractivity contribution >= 4 is 5.78 Å². The molecule has 26 heavy (non-hydrogen) atoms. The SMILES string of the molecule is C[C@H](CC#N)[C@H]1CC[C@H]2[C@@H]3[C@@H]4O[C@@H]4C4=CC(=O)CC[C@]4(C)[C@H]3CC[C@]12C. The fraction of sp³-hybridized carbons (Fsp3) is 0.826. The summed E-state index contributed by atoms with van der Waals surface area (Å²) in [4.78, 5) is 12.0. The van der Waals surface area contributed by atoms with Crippen LogP contribution in [0.3, 0.4) is 0 Å². The summed E-state index contributed by atoms with van der Waals surface area (Å²) in [5.41, 5.74) is 1.88. The summed E-state index contributed by atoms with van der Waals surface area (Å²) in [5.74, 6) is 3.56. The summed E-state index contributed by atoms with van der Waals surface area (Å²) in [6.45, 7) is 7.24. The third-order valence-corrected chi connectivity index (χ3v) is 9.40. The van der Waals surface area contributed by atoms with E-state index in [4.69, 9.17) is 4.74 Å². The first-order chi connectivity index (χ1) is 12.4. The molecular formula is C23H31NO2. The van der Waals surface area contributed by atoms with Gasteiger partial charge in [-0.1, -0.05) is 20.8 Å². The molecule has 0 radical (unpaired) electrons. The van der Waals surface area contributed by atoms with Crippen LogP contribution in [0.15, 0.2) is 11.6 Å². The van der Waals surface area contributed by atoms with Crippen LogP contribution < -0.4 is 0 Å². The second-order valence-electron chi connectivity index (χ2n) is 10.4. The van der Waals surface area contributed by atoms with Gasteiger partial charge < -0.3 is 4.74 Å². The number of hydrogen-bond acceptors (Lipinski definition) is 3. The van der Waals surface area contributed by atoms with Gasteiger partial charge in [-0.05, 0) is 84.2 Å². The molecule has 4 aliphatic carbocycles. The van der Waals surface area contributed by atoms with Gasteiger partial charge in [0.1, 0.15) is 6.10 Å². The minimum absolute atomic E-state index is 0.175. The second-order valence-corrected chi connectivity index (χ2v) is 10.4.